The molecule has 26 heavy (non-hydrogen) atoms. The van der Waals surface area contributed by atoms with E-state index in [2.05, 4.69) is 6.92 Å². The van der Waals surface area contributed by atoms with Gasteiger partial charge in [-0.2, -0.15) is 0 Å². The van der Waals surface area contributed by atoms with Gasteiger partial charge in [0.1, 0.15) is 5.75 Å². The fourth-order valence-corrected chi connectivity index (χ4v) is 3.06. The molecule has 3 rings (SSSR count). The zero-order valence-electron chi connectivity index (χ0n) is 15.2. The van der Waals surface area contributed by atoms with Gasteiger partial charge in [-0.1, -0.05) is 25.1 Å². The van der Waals surface area contributed by atoms with Crippen LogP contribution in [0.5, 0.6) is 5.75 Å². The first kappa shape index (κ1) is 17.9. The summed E-state index contributed by atoms with van der Waals surface area (Å²) in [4.78, 5) is 25.9. The first-order valence-electron chi connectivity index (χ1n) is 8.95. The lowest BCUT2D eigenvalue weighted by Crippen LogP contribution is -2.26. The van der Waals surface area contributed by atoms with E-state index in [1.807, 2.05) is 36.4 Å². The number of fused-ring (bicyclic) bond motifs is 1. The lowest BCUT2D eigenvalue weighted by Gasteiger charge is -2.15. The molecule has 0 radical (unpaired) electrons. The molecule has 0 atom stereocenters. The van der Waals surface area contributed by atoms with Crippen molar-refractivity contribution in [3.05, 3.63) is 65.2 Å². The number of rotatable bonds is 6. The van der Waals surface area contributed by atoms with E-state index in [1.165, 1.54) is 0 Å². The van der Waals surface area contributed by atoms with Crippen molar-refractivity contribution in [2.24, 2.45) is 0 Å². The highest BCUT2D eigenvalue weighted by molar-refractivity contribution is 6.05. The van der Waals surface area contributed by atoms with Crippen LogP contribution in [-0.2, 0) is 11.2 Å². The van der Waals surface area contributed by atoms with Crippen LogP contribution in [0.2, 0.25) is 0 Å². The zero-order valence-corrected chi connectivity index (χ0v) is 15.2. The number of carbonyl (C=O) groups is 2. The van der Waals surface area contributed by atoms with Crippen molar-refractivity contribution >= 4 is 23.5 Å². The molecular formula is C22H23NO3. The van der Waals surface area contributed by atoms with Crippen molar-refractivity contribution in [2.75, 3.05) is 18.1 Å². The van der Waals surface area contributed by atoms with Gasteiger partial charge in [-0.15, -0.1) is 0 Å². The number of amides is 1. The Bertz CT molecular complexity index is 854. The van der Waals surface area contributed by atoms with Gasteiger partial charge in [0.2, 0.25) is 0 Å². The molecule has 1 aliphatic heterocycles. The Labute approximate surface area is 154 Å². The Balaban J connectivity index is 1.76. The minimum Gasteiger partial charge on any atom is -0.493 e. The summed E-state index contributed by atoms with van der Waals surface area (Å²) in [5, 5.41) is 0. The molecule has 1 heterocycles. The summed E-state index contributed by atoms with van der Waals surface area (Å²) >= 11 is 0. The molecular weight excluding hydrogens is 326 g/mol. The van der Waals surface area contributed by atoms with Crippen molar-refractivity contribution < 1.29 is 14.3 Å². The summed E-state index contributed by atoms with van der Waals surface area (Å²) in [7, 11) is 0. The number of nitrogens with zero attached hydrogens (tertiary/aromatic N) is 1. The maximum absolute atomic E-state index is 12.7. The molecule has 134 valence electrons. The number of hydrogen-bond acceptors (Lipinski definition) is 3. The maximum Gasteiger partial charge on any atom is 0.251 e. The van der Waals surface area contributed by atoms with Crippen molar-refractivity contribution in [1.82, 2.24) is 0 Å². The van der Waals surface area contributed by atoms with Gasteiger partial charge in [0.25, 0.3) is 5.91 Å². The summed E-state index contributed by atoms with van der Waals surface area (Å²) < 4.78 is 5.73. The van der Waals surface area contributed by atoms with Crippen LogP contribution in [0.15, 0.2) is 48.5 Å². The summed E-state index contributed by atoms with van der Waals surface area (Å²) in [5.74, 6) is 0.761. The molecule has 0 saturated heterocycles. The molecule has 1 amide bonds. The first-order chi connectivity index (χ1) is 12.6. The van der Waals surface area contributed by atoms with Crippen molar-refractivity contribution in [1.29, 1.82) is 0 Å². The van der Waals surface area contributed by atoms with Crippen molar-refractivity contribution in [3.8, 4) is 5.75 Å². The number of para-hydroxylation sites is 1. The fraction of sp³-hybridized carbons (Fsp3) is 0.273. The van der Waals surface area contributed by atoms with Gasteiger partial charge in [0, 0.05) is 29.4 Å². The van der Waals surface area contributed by atoms with Crippen molar-refractivity contribution in [2.45, 2.75) is 26.7 Å². The Morgan fingerprint density at radius 1 is 1.19 bits per heavy atom. The summed E-state index contributed by atoms with van der Waals surface area (Å²) in [6.45, 7) is 4.90. The van der Waals surface area contributed by atoms with Gasteiger partial charge in [-0.05, 0) is 55.7 Å². The SMILES string of the molecule is CCCOc1ccccc1/C=C/C(=O)N1CCc2cc(C(C)=O)ccc21. The van der Waals surface area contributed by atoms with Crippen molar-refractivity contribution in [3.63, 3.8) is 0 Å². The number of ketones is 1. The van der Waals surface area contributed by atoms with E-state index in [4.69, 9.17) is 4.74 Å². The van der Waals surface area contributed by atoms with Gasteiger partial charge >= 0.3 is 0 Å². The van der Waals surface area contributed by atoms with Crippen LogP contribution in [0, 0.1) is 0 Å². The number of benzene rings is 2. The average Bonchev–Trinajstić information content (AvgIpc) is 3.08. The Kier molecular flexibility index (Phi) is 5.52. The summed E-state index contributed by atoms with van der Waals surface area (Å²) in [6, 6.07) is 13.2. The predicted molar refractivity (Wildman–Crippen MR) is 104 cm³/mol. The topological polar surface area (TPSA) is 46.6 Å². The minimum atomic E-state index is -0.0652. The average molecular weight is 349 g/mol. The van der Waals surface area contributed by atoms with E-state index in [0.29, 0.717) is 18.7 Å². The van der Waals surface area contributed by atoms with E-state index in [9.17, 15) is 9.59 Å². The molecule has 0 unspecified atom stereocenters. The van der Waals surface area contributed by atoms with Crippen LogP contribution in [0.25, 0.3) is 6.08 Å². The molecule has 0 aliphatic carbocycles. The van der Waals surface area contributed by atoms with Crippen LogP contribution in [0.4, 0.5) is 5.69 Å². The fourth-order valence-electron chi connectivity index (χ4n) is 3.06. The lowest BCUT2D eigenvalue weighted by atomic mass is 10.1. The molecule has 0 bridgehead atoms. The standard InChI is InChI=1S/C22H23NO3/c1-3-14-26-21-7-5-4-6-17(21)9-11-22(25)23-13-12-19-15-18(16(2)24)8-10-20(19)23/h4-11,15H,3,12-14H2,1-2H3/b11-9+. The molecule has 1 aliphatic rings. The zero-order chi connectivity index (χ0) is 18.5. The number of hydrogen-bond donors (Lipinski definition) is 0. The first-order valence-corrected chi connectivity index (χ1v) is 8.95. The molecule has 0 N–H and O–H groups in total. The third kappa shape index (κ3) is 3.85. The van der Waals surface area contributed by atoms with E-state index < -0.39 is 0 Å². The number of anilines is 1. The number of Topliss-reactive ketones (excluding diaryl/α,β-unsaturated/α-hetero) is 1. The third-order valence-electron chi connectivity index (χ3n) is 4.43. The van der Waals surface area contributed by atoms with Gasteiger partial charge in [0.15, 0.2) is 5.78 Å². The molecule has 0 fully saturated rings. The normalized spacial score (nSPS) is 13.1. The lowest BCUT2D eigenvalue weighted by molar-refractivity contribution is -0.114. The molecule has 4 nitrogen and oxygen atoms in total. The second-order valence-corrected chi connectivity index (χ2v) is 6.36. The monoisotopic (exact) mass is 349 g/mol. The Morgan fingerprint density at radius 2 is 2.00 bits per heavy atom. The van der Waals surface area contributed by atoms with Crippen LogP contribution in [0.1, 0.15) is 41.8 Å². The van der Waals surface area contributed by atoms with E-state index in [-0.39, 0.29) is 11.7 Å². The molecule has 0 saturated carbocycles. The summed E-state index contributed by atoms with van der Waals surface area (Å²) in [5.41, 5.74) is 3.52. The van der Waals surface area contributed by atoms with Crippen LogP contribution in [0.3, 0.4) is 0 Å². The highest BCUT2D eigenvalue weighted by Crippen LogP contribution is 2.29. The van der Waals surface area contributed by atoms with Crippen LogP contribution >= 0.6 is 0 Å². The highest BCUT2D eigenvalue weighted by atomic mass is 16.5. The number of ether oxygens (including phenoxy) is 1. The van der Waals surface area contributed by atoms with Gasteiger partial charge < -0.3 is 9.64 Å². The highest BCUT2D eigenvalue weighted by Gasteiger charge is 2.23. The largest absolute Gasteiger partial charge is 0.493 e. The van der Waals surface area contributed by atoms with Crippen LogP contribution in [-0.4, -0.2) is 24.8 Å². The predicted octanol–water partition coefficient (Wildman–Crippen LogP) is 4.28. The second kappa shape index (κ2) is 8.00. The number of carbonyl (C=O) groups excluding carboxylic acids is 2. The molecule has 2 aromatic rings. The molecule has 0 aromatic heterocycles. The minimum absolute atomic E-state index is 0.0427. The molecule has 0 spiro atoms. The smallest absolute Gasteiger partial charge is 0.251 e. The Morgan fingerprint density at radius 3 is 2.77 bits per heavy atom. The van der Waals surface area contributed by atoms with E-state index in [0.717, 1.165) is 35.4 Å². The molecule has 4 heteroatoms. The van der Waals surface area contributed by atoms with E-state index >= 15 is 0 Å². The third-order valence-corrected chi connectivity index (χ3v) is 4.43. The van der Waals surface area contributed by atoms with Gasteiger partial charge in [0.05, 0.1) is 6.61 Å². The molecule has 2 aromatic carbocycles. The summed E-state index contributed by atoms with van der Waals surface area (Å²) in [6.07, 6.45) is 5.09. The van der Waals surface area contributed by atoms with Gasteiger partial charge in [-0.25, -0.2) is 0 Å². The van der Waals surface area contributed by atoms with Gasteiger partial charge in [-0.3, -0.25) is 9.59 Å². The van der Waals surface area contributed by atoms with E-state index in [1.54, 1.807) is 30.0 Å². The van der Waals surface area contributed by atoms with Crippen LogP contribution < -0.4 is 9.64 Å². The maximum atomic E-state index is 12.7. The second-order valence-electron chi connectivity index (χ2n) is 6.36. The quantitative estimate of drug-likeness (QED) is 0.578. The Hall–Kier alpha value is -2.88.